The first-order valence-corrected chi connectivity index (χ1v) is 8.62. The minimum absolute atomic E-state index is 0.110. The van der Waals surface area contributed by atoms with Crippen molar-refractivity contribution in [3.8, 4) is 5.75 Å². The van der Waals surface area contributed by atoms with E-state index >= 15 is 0 Å². The molecule has 1 heterocycles. The van der Waals surface area contributed by atoms with Crippen molar-refractivity contribution >= 4 is 11.6 Å². The van der Waals surface area contributed by atoms with Crippen LogP contribution in [0.5, 0.6) is 5.75 Å². The highest BCUT2D eigenvalue weighted by molar-refractivity contribution is 5.81. The van der Waals surface area contributed by atoms with E-state index in [4.69, 9.17) is 9.47 Å². The molecule has 0 aromatic heterocycles. The number of nitrogens with zero attached hydrogens (tertiary/aromatic N) is 1. The maximum absolute atomic E-state index is 12.1. The SMILES string of the molecule is CCCCCCOc1cccc(NCC(=O)N2CCOCC2)c1. The van der Waals surface area contributed by atoms with Crippen molar-refractivity contribution in [1.82, 2.24) is 4.90 Å². The molecule has 128 valence electrons. The lowest BCUT2D eigenvalue weighted by atomic mass is 10.2. The zero-order valence-electron chi connectivity index (χ0n) is 14.1. The highest BCUT2D eigenvalue weighted by Gasteiger charge is 2.16. The number of carbonyl (C=O) groups excluding carboxylic acids is 1. The number of amides is 1. The zero-order valence-corrected chi connectivity index (χ0v) is 14.1. The van der Waals surface area contributed by atoms with Crippen LogP contribution in [0.25, 0.3) is 0 Å². The van der Waals surface area contributed by atoms with Gasteiger partial charge < -0.3 is 19.7 Å². The fourth-order valence-electron chi connectivity index (χ4n) is 2.52. The highest BCUT2D eigenvalue weighted by Crippen LogP contribution is 2.17. The molecule has 0 saturated carbocycles. The van der Waals surface area contributed by atoms with Gasteiger partial charge in [0.05, 0.1) is 26.4 Å². The molecule has 0 aliphatic carbocycles. The Morgan fingerprint density at radius 3 is 2.87 bits per heavy atom. The van der Waals surface area contributed by atoms with Crippen LogP contribution in [0, 0.1) is 0 Å². The number of nitrogens with one attached hydrogen (secondary N) is 1. The van der Waals surface area contributed by atoms with E-state index in [1.54, 1.807) is 0 Å². The van der Waals surface area contributed by atoms with Gasteiger partial charge in [-0.25, -0.2) is 0 Å². The normalized spacial score (nSPS) is 14.6. The van der Waals surface area contributed by atoms with Gasteiger partial charge in [-0.3, -0.25) is 4.79 Å². The van der Waals surface area contributed by atoms with Crippen LogP contribution in [-0.4, -0.2) is 50.3 Å². The van der Waals surface area contributed by atoms with Gasteiger partial charge in [0.25, 0.3) is 0 Å². The summed E-state index contributed by atoms with van der Waals surface area (Å²) in [6, 6.07) is 7.81. The summed E-state index contributed by atoms with van der Waals surface area (Å²) in [7, 11) is 0. The van der Waals surface area contributed by atoms with E-state index in [9.17, 15) is 4.79 Å². The minimum Gasteiger partial charge on any atom is -0.494 e. The van der Waals surface area contributed by atoms with Gasteiger partial charge in [-0.2, -0.15) is 0 Å². The molecule has 5 heteroatoms. The second-order valence-corrected chi connectivity index (χ2v) is 5.78. The van der Waals surface area contributed by atoms with E-state index in [-0.39, 0.29) is 5.91 Å². The number of ether oxygens (including phenoxy) is 2. The zero-order chi connectivity index (χ0) is 16.3. The molecule has 1 aromatic rings. The molecule has 1 N–H and O–H groups in total. The summed E-state index contributed by atoms with van der Waals surface area (Å²) in [5.41, 5.74) is 0.915. The van der Waals surface area contributed by atoms with Crippen LogP contribution >= 0.6 is 0 Å². The Morgan fingerprint density at radius 1 is 1.26 bits per heavy atom. The average Bonchev–Trinajstić information content (AvgIpc) is 2.60. The molecule has 1 amide bonds. The van der Waals surface area contributed by atoms with Crippen molar-refractivity contribution in [1.29, 1.82) is 0 Å². The maximum Gasteiger partial charge on any atom is 0.242 e. The number of hydrogen-bond acceptors (Lipinski definition) is 4. The van der Waals surface area contributed by atoms with Gasteiger partial charge in [0.15, 0.2) is 0 Å². The molecule has 0 radical (unpaired) electrons. The molecule has 0 spiro atoms. The van der Waals surface area contributed by atoms with E-state index in [2.05, 4.69) is 12.2 Å². The number of unbranched alkanes of at least 4 members (excludes halogenated alkanes) is 3. The van der Waals surface area contributed by atoms with Crippen molar-refractivity contribution in [3.05, 3.63) is 24.3 Å². The van der Waals surface area contributed by atoms with E-state index in [1.807, 2.05) is 29.2 Å². The monoisotopic (exact) mass is 320 g/mol. The molecule has 5 nitrogen and oxygen atoms in total. The van der Waals surface area contributed by atoms with Crippen molar-refractivity contribution in [2.45, 2.75) is 32.6 Å². The third kappa shape index (κ3) is 6.48. The lowest BCUT2D eigenvalue weighted by molar-refractivity contribution is -0.133. The van der Waals surface area contributed by atoms with Crippen LogP contribution in [0.1, 0.15) is 32.6 Å². The van der Waals surface area contributed by atoms with Gasteiger partial charge in [-0.1, -0.05) is 32.3 Å². The number of rotatable bonds is 9. The predicted octanol–water partition coefficient (Wildman–Crippen LogP) is 2.92. The first-order valence-electron chi connectivity index (χ1n) is 8.62. The van der Waals surface area contributed by atoms with Crippen LogP contribution < -0.4 is 10.1 Å². The van der Waals surface area contributed by atoms with E-state index in [0.717, 1.165) is 24.5 Å². The summed E-state index contributed by atoms with van der Waals surface area (Å²) in [6.45, 7) is 5.88. The average molecular weight is 320 g/mol. The molecule has 0 unspecified atom stereocenters. The molecular weight excluding hydrogens is 292 g/mol. The van der Waals surface area contributed by atoms with Gasteiger partial charge >= 0.3 is 0 Å². The highest BCUT2D eigenvalue weighted by atomic mass is 16.5. The Balaban J connectivity index is 1.72. The molecule has 1 aliphatic heterocycles. The number of benzene rings is 1. The Kier molecular flexibility index (Phi) is 7.73. The molecule has 1 saturated heterocycles. The van der Waals surface area contributed by atoms with E-state index < -0.39 is 0 Å². The molecule has 2 rings (SSSR count). The van der Waals surface area contributed by atoms with Gasteiger partial charge in [-0.15, -0.1) is 0 Å². The summed E-state index contributed by atoms with van der Waals surface area (Å²) in [6.07, 6.45) is 4.79. The smallest absolute Gasteiger partial charge is 0.242 e. The van der Waals surface area contributed by atoms with E-state index in [1.165, 1.54) is 19.3 Å². The summed E-state index contributed by atoms with van der Waals surface area (Å²) in [4.78, 5) is 13.9. The molecule has 1 aromatic carbocycles. The van der Waals surface area contributed by atoms with Crippen LogP contribution in [0.2, 0.25) is 0 Å². The molecule has 0 atom stereocenters. The number of morpholine rings is 1. The summed E-state index contributed by atoms with van der Waals surface area (Å²) < 4.78 is 11.0. The first-order chi connectivity index (χ1) is 11.3. The van der Waals surface area contributed by atoms with Gasteiger partial charge in [0.2, 0.25) is 5.91 Å². The summed E-state index contributed by atoms with van der Waals surface area (Å²) >= 11 is 0. The summed E-state index contributed by atoms with van der Waals surface area (Å²) in [5.74, 6) is 0.963. The van der Waals surface area contributed by atoms with Crippen LogP contribution in [0.4, 0.5) is 5.69 Å². The third-order valence-corrected chi connectivity index (χ3v) is 3.91. The molecule has 23 heavy (non-hydrogen) atoms. The Labute approximate surface area is 139 Å². The Bertz CT molecular complexity index is 473. The molecule has 1 aliphatic rings. The second kappa shape index (κ2) is 10.1. The second-order valence-electron chi connectivity index (χ2n) is 5.78. The topological polar surface area (TPSA) is 50.8 Å². The summed E-state index contributed by atoms with van der Waals surface area (Å²) in [5, 5.41) is 3.18. The lowest BCUT2D eigenvalue weighted by Gasteiger charge is -2.27. The van der Waals surface area contributed by atoms with Crippen molar-refractivity contribution in [2.75, 3.05) is 44.8 Å². The van der Waals surface area contributed by atoms with Crippen molar-refractivity contribution in [3.63, 3.8) is 0 Å². The molecule has 1 fully saturated rings. The van der Waals surface area contributed by atoms with Gasteiger partial charge in [-0.05, 0) is 18.6 Å². The number of anilines is 1. The largest absolute Gasteiger partial charge is 0.494 e. The maximum atomic E-state index is 12.1. The third-order valence-electron chi connectivity index (χ3n) is 3.91. The predicted molar refractivity (Wildman–Crippen MR) is 92.0 cm³/mol. The Hall–Kier alpha value is -1.75. The van der Waals surface area contributed by atoms with Crippen LogP contribution in [-0.2, 0) is 9.53 Å². The first kappa shape index (κ1) is 17.6. The Morgan fingerprint density at radius 2 is 2.09 bits per heavy atom. The van der Waals surface area contributed by atoms with Gasteiger partial charge in [0.1, 0.15) is 5.75 Å². The van der Waals surface area contributed by atoms with E-state index in [0.29, 0.717) is 32.8 Å². The van der Waals surface area contributed by atoms with Crippen LogP contribution in [0.3, 0.4) is 0 Å². The van der Waals surface area contributed by atoms with Crippen molar-refractivity contribution < 1.29 is 14.3 Å². The molecular formula is C18H28N2O3. The fraction of sp³-hybridized carbons (Fsp3) is 0.611. The van der Waals surface area contributed by atoms with Crippen molar-refractivity contribution in [2.24, 2.45) is 0 Å². The minimum atomic E-state index is 0.110. The lowest BCUT2D eigenvalue weighted by Crippen LogP contribution is -2.43. The fourth-order valence-corrected chi connectivity index (χ4v) is 2.52. The quantitative estimate of drug-likeness (QED) is 0.711. The van der Waals surface area contributed by atoms with Crippen LogP contribution in [0.15, 0.2) is 24.3 Å². The number of carbonyl (C=O) groups is 1. The number of hydrogen-bond donors (Lipinski definition) is 1. The molecule has 0 bridgehead atoms. The van der Waals surface area contributed by atoms with Gasteiger partial charge in [0, 0.05) is 24.8 Å². The standard InChI is InChI=1S/C18H28N2O3/c1-2-3-4-5-11-23-17-8-6-7-16(14-17)19-15-18(21)20-9-12-22-13-10-20/h6-8,14,19H,2-5,9-13,15H2,1H3.